The molecule has 7 heteroatoms. The highest BCUT2D eigenvalue weighted by atomic mass is 16.2. The van der Waals surface area contributed by atoms with Crippen LogP contribution >= 0.6 is 0 Å². The van der Waals surface area contributed by atoms with Crippen molar-refractivity contribution >= 4 is 22.5 Å². The minimum Gasteiger partial charge on any atom is -0.360 e. The molecular weight excluding hydrogens is 328 g/mol. The van der Waals surface area contributed by atoms with Crippen molar-refractivity contribution in [3.05, 3.63) is 59.8 Å². The summed E-state index contributed by atoms with van der Waals surface area (Å²) in [5.74, 6) is 0.293. The van der Waals surface area contributed by atoms with Crippen LogP contribution in [0.5, 0.6) is 0 Å². The van der Waals surface area contributed by atoms with Gasteiger partial charge < -0.3 is 10.3 Å². The van der Waals surface area contributed by atoms with Crippen LogP contribution in [0, 0.1) is 13.8 Å². The number of hydrogen-bond acceptors (Lipinski definition) is 4. The highest BCUT2D eigenvalue weighted by molar-refractivity contribution is 5.93. The largest absolute Gasteiger partial charge is 0.360 e. The van der Waals surface area contributed by atoms with Gasteiger partial charge in [0.25, 0.3) is 0 Å². The first-order valence-corrected chi connectivity index (χ1v) is 8.31. The van der Waals surface area contributed by atoms with Crippen molar-refractivity contribution < 1.29 is 4.79 Å². The first-order valence-electron chi connectivity index (χ1n) is 8.31. The Bertz CT molecular complexity index is 1090. The van der Waals surface area contributed by atoms with Gasteiger partial charge in [-0.1, -0.05) is 35.9 Å². The lowest BCUT2D eigenvalue weighted by molar-refractivity contribution is -0.117. The van der Waals surface area contributed by atoms with Gasteiger partial charge in [-0.15, -0.1) is 10.2 Å². The Hall–Kier alpha value is -3.48. The van der Waals surface area contributed by atoms with E-state index in [1.165, 1.54) is 4.80 Å². The Morgan fingerprint density at radius 3 is 2.88 bits per heavy atom. The summed E-state index contributed by atoms with van der Waals surface area (Å²) in [6.45, 7) is 3.98. The molecule has 2 N–H and O–H groups in total. The van der Waals surface area contributed by atoms with Crippen LogP contribution in [0.4, 0.5) is 5.69 Å². The smallest absolute Gasteiger partial charge is 0.248 e. The number of tetrazole rings is 1. The molecule has 0 aliphatic rings. The van der Waals surface area contributed by atoms with Crippen LogP contribution in [-0.4, -0.2) is 31.1 Å². The van der Waals surface area contributed by atoms with Crippen LogP contribution in [0.3, 0.4) is 0 Å². The monoisotopic (exact) mass is 346 g/mol. The number of aryl methyl sites for hydroxylation is 2. The number of aromatic amines is 1. The zero-order valence-electron chi connectivity index (χ0n) is 14.5. The third-order valence-corrected chi connectivity index (χ3v) is 4.22. The number of nitrogens with one attached hydrogen (secondary N) is 2. The van der Waals surface area contributed by atoms with E-state index in [1.807, 2.05) is 62.5 Å². The molecule has 0 spiro atoms. The molecule has 130 valence electrons. The average Bonchev–Trinajstić information content (AvgIpc) is 3.24. The molecule has 0 aliphatic carbocycles. The first kappa shape index (κ1) is 16.0. The molecule has 0 unspecified atom stereocenters. The van der Waals surface area contributed by atoms with Gasteiger partial charge in [-0.2, -0.15) is 4.80 Å². The zero-order valence-corrected chi connectivity index (χ0v) is 14.5. The van der Waals surface area contributed by atoms with E-state index in [0.717, 1.165) is 33.3 Å². The second-order valence-corrected chi connectivity index (χ2v) is 6.26. The van der Waals surface area contributed by atoms with Gasteiger partial charge in [-0.25, -0.2) is 0 Å². The molecule has 2 aromatic carbocycles. The molecule has 26 heavy (non-hydrogen) atoms. The number of amides is 1. The minimum atomic E-state index is -0.195. The van der Waals surface area contributed by atoms with E-state index in [4.69, 9.17) is 0 Å². The van der Waals surface area contributed by atoms with E-state index in [1.54, 1.807) is 0 Å². The van der Waals surface area contributed by atoms with Gasteiger partial charge in [0.2, 0.25) is 11.7 Å². The van der Waals surface area contributed by atoms with Crippen molar-refractivity contribution in [1.29, 1.82) is 0 Å². The van der Waals surface area contributed by atoms with Gasteiger partial charge in [0.1, 0.15) is 6.54 Å². The number of rotatable bonds is 4. The van der Waals surface area contributed by atoms with Gasteiger partial charge >= 0.3 is 0 Å². The molecule has 7 nitrogen and oxygen atoms in total. The molecule has 0 bridgehead atoms. The van der Waals surface area contributed by atoms with Crippen LogP contribution in [0.1, 0.15) is 11.1 Å². The van der Waals surface area contributed by atoms with Crippen molar-refractivity contribution in [3.63, 3.8) is 0 Å². The summed E-state index contributed by atoms with van der Waals surface area (Å²) >= 11 is 0. The summed E-state index contributed by atoms with van der Waals surface area (Å²) in [4.78, 5) is 16.8. The number of para-hydroxylation sites is 1. The molecule has 2 aromatic heterocycles. The van der Waals surface area contributed by atoms with Crippen molar-refractivity contribution in [2.75, 3.05) is 5.32 Å². The summed E-state index contributed by atoms with van der Waals surface area (Å²) < 4.78 is 0. The number of carbonyl (C=O) groups is 1. The fourth-order valence-electron chi connectivity index (χ4n) is 2.95. The predicted molar refractivity (Wildman–Crippen MR) is 99.7 cm³/mol. The fraction of sp³-hybridized carbons (Fsp3) is 0.158. The lowest BCUT2D eigenvalue weighted by Gasteiger charge is -2.08. The molecule has 4 aromatic rings. The Balaban J connectivity index is 1.50. The highest BCUT2D eigenvalue weighted by Crippen LogP contribution is 2.25. The first-order chi connectivity index (χ1) is 12.6. The maximum atomic E-state index is 12.3. The minimum absolute atomic E-state index is 0.00265. The lowest BCUT2D eigenvalue weighted by atomic mass is 10.1. The standard InChI is InChI=1S/C19H18N6O/c1-12-7-8-16(13(2)9-12)21-18(26)11-25-23-19(22-24-25)15-10-20-17-6-4-3-5-14(15)17/h3-10,20H,11H2,1-2H3,(H,21,26). The number of H-pyrrole nitrogens is 1. The number of fused-ring (bicyclic) bond motifs is 1. The SMILES string of the molecule is Cc1ccc(NC(=O)Cn2nnc(-c3c[nH]c4ccccc34)n2)c(C)c1. The van der Waals surface area contributed by atoms with E-state index >= 15 is 0 Å². The molecule has 0 saturated carbocycles. The zero-order chi connectivity index (χ0) is 18.1. The van der Waals surface area contributed by atoms with E-state index in [0.29, 0.717) is 5.82 Å². The van der Waals surface area contributed by atoms with Crippen LogP contribution in [0.15, 0.2) is 48.7 Å². The lowest BCUT2D eigenvalue weighted by Crippen LogP contribution is -2.21. The average molecular weight is 346 g/mol. The van der Waals surface area contributed by atoms with Gasteiger partial charge in [0.15, 0.2) is 0 Å². The number of benzene rings is 2. The number of nitrogens with zero attached hydrogens (tertiary/aromatic N) is 4. The molecule has 0 saturated heterocycles. The Morgan fingerprint density at radius 1 is 1.19 bits per heavy atom. The van der Waals surface area contributed by atoms with Crippen molar-refractivity contribution in [2.24, 2.45) is 0 Å². The molecule has 0 fully saturated rings. The quantitative estimate of drug-likeness (QED) is 0.594. The van der Waals surface area contributed by atoms with Crippen LogP contribution < -0.4 is 5.32 Å². The van der Waals surface area contributed by atoms with Crippen LogP contribution in [-0.2, 0) is 11.3 Å². The van der Waals surface area contributed by atoms with Crippen LogP contribution in [0.2, 0.25) is 0 Å². The van der Waals surface area contributed by atoms with Gasteiger partial charge in [0.05, 0.1) is 0 Å². The second kappa shape index (κ2) is 6.44. The topological polar surface area (TPSA) is 88.5 Å². The van der Waals surface area contributed by atoms with Gasteiger partial charge in [0, 0.05) is 28.4 Å². The molecule has 1 amide bonds. The fourth-order valence-corrected chi connectivity index (χ4v) is 2.95. The third kappa shape index (κ3) is 3.06. The van der Waals surface area contributed by atoms with Crippen LogP contribution in [0.25, 0.3) is 22.3 Å². The Labute approximate surface area is 150 Å². The van der Waals surface area contributed by atoms with E-state index < -0.39 is 0 Å². The Kier molecular flexibility index (Phi) is 3.96. The van der Waals surface area contributed by atoms with Crippen molar-refractivity contribution in [1.82, 2.24) is 25.2 Å². The number of anilines is 1. The molecular formula is C19H18N6O. The summed E-state index contributed by atoms with van der Waals surface area (Å²) in [5.41, 5.74) is 4.83. The summed E-state index contributed by atoms with van der Waals surface area (Å²) in [7, 11) is 0. The van der Waals surface area contributed by atoms with Gasteiger partial charge in [-0.3, -0.25) is 4.79 Å². The maximum absolute atomic E-state index is 12.3. The summed E-state index contributed by atoms with van der Waals surface area (Å²) in [6.07, 6.45) is 1.85. The van der Waals surface area contributed by atoms with Gasteiger partial charge in [-0.05, 0) is 36.8 Å². The molecule has 4 rings (SSSR count). The number of hydrogen-bond donors (Lipinski definition) is 2. The summed E-state index contributed by atoms with van der Waals surface area (Å²) in [5, 5.41) is 16.3. The number of aromatic nitrogens is 5. The molecule has 2 heterocycles. The maximum Gasteiger partial charge on any atom is 0.248 e. The van der Waals surface area contributed by atoms with E-state index in [2.05, 4.69) is 25.7 Å². The predicted octanol–water partition coefficient (Wildman–Crippen LogP) is 3.08. The Morgan fingerprint density at radius 2 is 2.04 bits per heavy atom. The molecule has 0 atom stereocenters. The second-order valence-electron chi connectivity index (χ2n) is 6.26. The molecule has 0 radical (unpaired) electrons. The summed E-state index contributed by atoms with van der Waals surface area (Å²) in [6, 6.07) is 13.8. The third-order valence-electron chi connectivity index (χ3n) is 4.22. The van der Waals surface area contributed by atoms with E-state index in [9.17, 15) is 4.79 Å². The molecule has 0 aliphatic heterocycles. The highest BCUT2D eigenvalue weighted by Gasteiger charge is 2.13. The van der Waals surface area contributed by atoms with Crippen molar-refractivity contribution in [3.8, 4) is 11.4 Å². The normalized spacial score (nSPS) is 11.0. The van der Waals surface area contributed by atoms with E-state index in [-0.39, 0.29) is 12.5 Å². The van der Waals surface area contributed by atoms with Crippen molar-refractivity contribution in [2.45, 2.75) is 20.4 Å². The number of carbonyl (C=O) groups excluding carboxylic acids is 1.